The van der Waals surface area contributed by atoms with Gasteiger partial charge in [-0.1, -0.05) is 54.7 Å². The number of unbranched alkanes of at least 4 members (excludes halogenated alkanes) is 1. The third-order valence-corrected chi connectivity index (χ3v) is 4.44. The van der Waals surface area contributed by atoms with Crippen molar-refractivity contribution in [3.05, 3.63) is 69.8 Å². The number of hydrogen-bond acceptors (Lipinski definition) is 5. The summed E-state index contributed by atoms with van der Waals surface area (Å²) in [6.07, 6.45) is 2.84. The van der Waals surface area contributed by atoms with Crippen molar-refractivity contribution < 1.29 is 14.3 Å². The van der Waals surface area contributed by atoms with E-state index >= 15 is 0 Å². The summed E-state index contributed by atoms with van der Waals surface area (Å²) in [5.74, 6) is -1.24. The quantitative estimate of drug-likeness (QED) is 0.252. The number of nitrogens with zero attached hydrogens (tertiary/aromatic N) is 1. The summed E-state index contributed by atoms with van der Waals surface area (Å²) in [7, 11) is 0. The molecule has 0 aromatic heterocycles. The standard InChI is InChI=1S/C21H19Cl2N3O3/c1-2-3-11-29-21(28)15-7-4-5-10-18(15)26-20(27)14(12-24)13-25-19-16(22)8-6-9-17(19)23/h4-10,13,25H,2-3,11H2,1H3,(H,26,27)/b14-13-. The first kappa shape index (κ1) is 22.3. The molecule has 0 unspecified atom stereocenters. The Kier molecular flexibility index (Phi) is 8.53. The van der Waals surface area contributed by atoms with Crippen molar-refractivity contribution in [1.82, 2.24) is 0 Å². The fraction of sp³-hybridized carbons (Fsp3) is 0.190. The van der Waals surface area contributed by atoms with E-state index in [1.807, 2.05) is 6.92 Å². The number of anilines is 2. The van der Waals surface area contributed by atoms with Crippen LogP contribution < -0.4 is 10.6 Å². The number of carbonyl (C=O) groups excluding carboxylic acids is 2. The van der Waals surface area contributed by atoms with Gasteiger partial charge in [-0.2, -0.15) is 5.26 Å². The van der Waals surface area contributed by atoms with E-state index in [0.717, 1.165) is 12.8 Å². The lowest BCUT2D eigenvalue weighted by molar-refractivity contribution is -0.112. The number of hydrogen-bond donors (Lipinski definition) is 2. The molecular formula is C21H19Cl2N3O3. The predicted octanol–water partition coefficient (Wildman–Crippen LogP) is 5.41. The van der Waals surface area contributed by atoms with Crippen LogP contribution in [0.1, 0.15) is 30.1 Å². The molecule has 150 valence electrons. The average molecular weight is 432 g/mol. The average Bonchev–Trinajstić information content (AvgIpc) is 2.70. The summed E-state index contributed by atoms with van der Waals surface area (Å²) >= 11 is 12.1. The number of para-hydroxylation sites is 2. The van der Waals surface area contributed by atoms with Crippen LogP contribution in [0.5, 0.6) is 0 Å². The zero-order chi connectivity index (χ0) is 21.2. The molecule has 0 aliphatic rings. The Balaban J connectivity index is 2.16. The normalized spacial score (nSPS) is 10.8. The summed E-state index contributed by atoms with van der Waals surface area (Å²) in [4.78, 5) is 24.8. The van der Waals surface area contributed by atoms with E-state index in [9.17, 15) is 14.9 Å². The molecule has 0 saturated carbocycles. The number of esters is 1. The van der Waals surface area contributed by atoms with Gasteiger partial charge < -0.3 is 15.4 Å². The highest BCUT2D eigenvalue weighted by atomic mass is 35.5. The molecule has 2 N–H and O–H groups in total. The van der Waals surface area contributed by atoms with E-state index < -0.39 is 11.9 Å². The van der Waals surface area contributed by atoms with E-state index in [4.69, 9.17) is 27.9 Å². The van der Waals surface area contributed by atoms with Gasteiger partial charge in [-0.15, -0.1) is 0 Å². The van der Waals surface area contributed by atoms with Gasteiger partial charge in [0.25, 0.3) is 5.91 Å². The lowest BCUT2D eigenvalue weighted by Gasteiger charge is -2.11. The lowest BCUT2D eigenvalue weighted by Crippen LogP contribution is -2.18. The number of halogens is 2. The first-order valence-corrected chi connectivity index (χ1v) is 9.61. The van der Waals surface area contributed by atoms with Crippen LogP contribution in [0.2, 0.25) is 10.0 Å². The number of nitriles is 1. The number of carbonyl (C=O) groups is 2. The molecule has 0 bridgehead atoms. The summed E-state index contributed by atoms with van der Waals surface area (Å²) in [5.41, 5.74) is 0.596. The molecule has 0 spiro atoms. The topological polar surface area (TPSA) is 91.2 Å². The van der Waals surface area contributed by atoms with E-state index in [0.29, 0.717) is 22.3 Å². The zero-order valence-corrected chi connectivity index (χ0v) is 17.2. The Labute approximate surface area is 179 Å². The first-order chi connectivity index (χ1) is 14.0. The van der Waals surface area contributed by atoms with Gasteiger partial charge in [-0.25, -0.2) is 4.79 Å². The summed E-state index contributed by atoms with van der Waals surface area (Å²) in [6.45, 7) is 2.28. The van der Waals surface area contributed by atoms with Gasteiger partial charge in [0.1, 0.15) is 11.6 Å². The molecule has 0 saturated heterocycles. The minimum Gasteiger partial charge on any atom is -0.462 e. The second-order valence-electron chi connectivity index (χ2n) is 5.90. The lowest BCUT2D eigenvalue weighted by atomic mass is 10.1. The van der Waals surface area contributed by atoms with E-state index in [1.165, 1.54) is 6.20 Å². The minimum absolute atomic E-state index is 0.205. The highest BCUT2D eigenvalue weighted by Crippen LogP contribution is 2.30. The molecule has 0 fully saturated rings. The molecule has 2 aromatic rings. The van der Waals surface area contributed by atoms with Crippen LogP contribution in [-0.4, -0.2) is 18.5 Å². The molecular weight excluding hydrogens is 413 g/mol. The van der Waals surface area contributed by atoms with Crippen molar-refractivity contribution >= 4 is 46.5 Å². The summed E-state index contributed by atoms with van der Waals surface area (Å²) in [5, 5.41) is 15.3. The first-order valence-electron chi connectivity index (χ1n) is 8.86. The van der Waals surface area contributed by atoms with Gasteiger partial charge in [0.05, 0.1) is 33.6 Å². The monoisotopic (exact) mass is 431 g/mol. The van der Waals surface area contributed by atoms with Crippen molar-refractivity contribution in [2.75, 3.05) is 17.2 Å². The van der Waals surface area contributed by atoms with E-state index in [1.54, 1.807) is 48.5 Å². The Hall–Kier alpha value is -3.01. The van der Waals surface area contributed by atoms with Crippen molar-refractivity contribution in [2.45, 2.75) is 19.8 Å². The van der Waals surface area contributed by atoms with Gasteiger partial charge in [-0.3, -0.25) is 4.79 Å². The van der Waals surface area contributed by atoms with Gasteiger partial charge in [0.2, 0.25) is 0 Å². The van der Waals surface area contributed by atoms with Crippen molar-refractivity contribution in [3.63, 3.8) is 0 Å². The Morgan fingerprint density at radius 3 is 2.48 bits per heavy atom. The molecule has 0 aliphatic carbocycles. The maximum atomic E-state index is 12.5. The largest absolute Gasteiger partial charge is 0.462 e. The van der Waals surface area contributed by atoms with Crippen LogP contribution in [-0.2, 0) is 9.53 Å². The molecule has 0 aliphatic heterocycles. The van der Waals surface area contributed by atoms with Crippen LogP contribution in [0.4, 0.5) is 11.4 Å². The maximum absolute atomic E-state index is 12.5. The van der Waals surface area contributed by atoms with Crippen LogP contribution >= 0.6 is 23.2 Å². The molecule has 29 heavy (non-hydrogen) atoms. The zero-order valence-electron chi connectivity index (χ0n) is 15.7. The van der Waals surface area contributed by atoms with Crippen molar-refractivity contribution in [3.8, 4) is 6.07 Å². The highest BCUT2D eigenvalue weighted by molar-refractivity contribution is 6.39. The molecule has 0 heterocycles. The smallest absolute Gasteiger partial charge is 0.340 e. The molecule has 1 amide bonds. The molecule has 0 radical (unpaired) electrons. The Bertz CT molecular complexity index is 948. The molecule has 6 nitrogen and oxygen atoms in total. The van der Waals surface area contributed by atoms with Gasteiger partial charge in [0, 0.05) is 6.20 Å². The van der Waals surface area contributed by atoms with Crippen LogP contribution in [0.25, 0.3) is 0 Å². The van der Waals surface area contributed by atoms with E-state index in [-0.39, 0.29) is 16.8 Å². The number of amides is 1. The third-order valence-electron chi connectivity index (χ3n) is 3.81. The second kappa shape index (κ2) is 11.1. The SMILES string of the molecule is CCCCOC(=O)c1ccccc1NC(=O)/C(C#N)=C\Nc1c(Cl)cccc1Cl. The van der Waals surface area contributed by atoms with Crippen LogP contribution in [0.15, 0.2) is 54.2 Å². The van der Waals surface area contributed by atoms with Gasteiger partial charge in [0.15, 0.2) is 0 Å². The third kappa shape index (κ3) is 6.24. The van der Waals surface area contributed by atoms with Crippen molar-refractivity contribution in [2.24, 2.45) is 0 Å². The molecule has 2 aromatic carbocycles. The van der Waals surface area contributed by atoms with Gasteiger partial charge >= 0.3 is 5.97 Å². The summed E-state index contributed by atoms with van der Waals surface area (Å²) in [6, 6.07) is 13.1. The molecule has 8 heteroatoms. The minimum atomic E-state index is -0.697. The summed E-state index contributed by atoms with van der Waals surface area (Å²) < 4.78 is 5.20. The second-order valence-corrected chi connectivity index (χ2v) is 6.71. The number of benzene rings is 2. The van der Waals surface area contributed by atoms with Gasteiger partial charge in [-0.05, 0) is 30.7 Å². The number of nitrogens with one attached hydrogen (secondary N) is 2. The molecule has 2 rings (SSSR count). The van der Waals surface area contributed by atoms with Crippen LogP contribution in [0, 0.1) is 11.3 Å². The predicted molar refractivity (Wildman–Crippen MR) is 114 cm³/mol. The highest BCUT2D eigenvalue weighted by Gasteiger charge is 2.16. The van der Waals surface area contributed by atoms with Crippen molar-refractivity contribution in [1.29, 1.82) is 5.26 Å². The number of rotatable bonds is 8. The Morgan fingerprint density at radius 2 is 1.83 bits per heavy atom. The Morgan fingerprint density at radius 1 is 1.14 bits per heavy atom. The van der Waals surface area contributed by atoms with Crippen LogP contribution in [0.3, 0.4) is 0 Å². The fourth-order valence-electron chi connectivity index (χ4n) is 2.28. The van der Waals surface area contributed by atoms with E-state index in [2.05, 4.69) is 10.6 Å². The molecule has 0 atom stereocenters. The maximum Gasteiger partial charge on any atom is 0.340 e. The fourth-order valence-corrected chi connectivity index (χ4v) is 2.78. The number of ether oxygens (including phenoxy) is 1.